The largest absolute Gasteiger partial charge is 0.493 e. The molecule has 1 aromatic rings. The van der Waals surface area contributed by atoms with Crippen molar-refractivity contribution in [2.75, 3.05) is 38.1 Å². The third kappa shape index (κ3) is 5.09. The van der Waals surface area contributed by atoms with E-state index >= 15 is 0 Å². The van der Waals surface area contributed by atoms with Crippen LogP contribution in [0.4, 0.5) is 5.69 Å². The van der Waals surface area contributed by atoms with E-state index in [1.54, 1.807) is 14.2 Å². The molecule has 2 N–H and O–H groups in total. The number of thioether (sulfide) groups is 1. The van der Waals surface area contributed by atoms with Crippen LogP contribution in [0.3, 0.4) is 0 Å². The molecule has 112 valence electrons. The molecule has 0 saturated carbocycles. The van der Waals surface area contributed by atoms with Gasteiger partial charge in [0, 0.05) is 18.3 Å². The minimum absolute atomic E-state index is 0.626. The van der Waals surface area contributed by atoms with Crippen molar-refractivity contribution < 1.29 is 9.47 Å². The standard InChI is InChI=1S/C14H22N2O2S2/c1-10-8-12(17-2)13(18-3)9-11(10)16-14(19)15-6-5-7-20-4/h8-9H,5-7H2,1-4H3,(H2,15,16,19). The van der Waals surface area contributed by atoms with Crippen LogP contribution in [0.5, 0.6) is 11.5 Å². The highest BCUT2D eigenvalue weighted by molar-refractivity contribution is 7.98. The fourth-order valence-electron chi connectivity index (χ4n) is 1.70. The van der Waals surface area contributed by atoms with Crippen molar-refractivity contribution in [3.05, 3.63) is 17.7 Å². The van der Waals surface area contributed by atoms with Crippen LogP contribution < -0.4 is 20.1 Å². The van der Waals surface area contributed by atoms with E-state index in [1.807, 2.05) is 30.8 Å². The number of nitrogens with one attached hydrogen (secondary N) is 2. The second-order valence-corrected chi connectivity index (χ2v) is 5.64. The third-order valence-electron chi connectivity index (χ3n) is 2.79. The summed E-state index contributed by atoms with van der Waals surface area (Å²) in [5.74, 6) is 2.53. The summed E-state index contributed by atoms with van der Waals surface area (Å²) in [5, 5.41) is 7.01. The first-order chi connectivity index (χ1) is 9.62. The quantitative estimate of drug-likeness (QED) is 0.596. The van der Waals surface area contributed by atoms with Crippen molar-refractivity contribution in [3.63, 3.8) is 0 Å². The summed E-state index contributed by atoms with van der Waals surface area (Å²) in [6.45, 7) is 2.87. The summed E-state index contributed by atoms with van der Waals surface area (Å²) in [4.78, 5) is 0. The molecule has 0 aliphatic carbocycles. The van der Waals surface area contributed by atoms with E-state index in [2.05, 4.69) is 16.9 Å². The van der Waals surface area contributed by atoms with Gasteiger partial charge in [-0.15, -0.1) is 0 Å². The molecule has 0 unspecified atom stereocenters. The van der Waals surface area contributed by atoms with Crippen LogP contribution in [-0.4, -0.2) is 37.9 Å². The molecule has 0 bridgehead atoms. The lowest BCUT2D eigenvalue weighted by molar-refractivity contribution is 0.355. The second kappa shape index (κ2) is 8.92. The molecular weight excluding hydrogens is 292 g/mol. The molecule has 20 heavy (non-hydrogen) atoms. The first-order valence-corrected chi connectivity index (χ1v) is 8.19. The van der Waals surface area contributed by atoms with E-state index in [0.717, 1.165) is 35.7 Å². The van der Waals surface area contributed by atoms with Gasteiger partial charge in [-0.3, -0.25) is 0 Å². The highest BCUT2D eigenvalue weighted by Crippen LogP contribution is 2.32. The van der Waals surface area contributed by atoms with Crippen LogP contribution in [-0.2, 0) is 0 Å². The fraction of sp³-hybridized carbons (Fsp3) is 0.500. The Kier molecular flexibility index (Phi) is 7.54. The van der Waals surface area contributed by atoms with E-state index in [-0.39, 0.29) is 0 Å². The predicted octanol–water partition coefficient (Wildman–Crippen LogP) is 3.05. The van der Waals surface area contributed by atoms with Crippen LogP contribution in [0, 0.1) is 6.92 Å². The van der Waals surface area contributed by atoms with Crippen LogP contribution >= 0.6 is 24.0 Å². The molecule has 0 amide bonds. The zero-order valence-electron chi connectivity index (χ0n) is 12.4. The molecule has 0 aliphatic heterocycles. The summed E-state index contributed by atoms with van der Waals surface area (Å²) in [6.07, 6.45) is 3.19. The SMILES string of the molecule is COc1cc(C)c(NC(=S)NCCCSC)cc1OC. The van der Waals surface area contributed by atoms with Gasteiger partial charge in [-0.2, -0.15) is 11.8 Å². The van der Waals surface area contributed by atoms with Crippen molar-refractivity contribution in [2.45, 2.75) is 13.3 Å². The number of anilines is 1. The predicted molar refractivity (Wildman–Crippen MR) is 91.5 cm³/mol. The zero-order valence-corrected chi connectivity index (χ0v) is 14.0. The van der Waals surface area contributed by atoms with Gasteiger partial charge in [0.25, 0.3) is 0 Å². The van der Waals surface area contributed by atoms with Crippen molar-refractivity contribution in [1.29, 1.82) is 0 Å². The zero-order chi connectivity index (χ0) is 15.0. The maximum atomic E-state index is 5.30. The average molecular weight is 314 g/mol. The average Bonchev–Trinajstić information content (AvgIpc) is 2.45. The Labute approximate surface area is 130 Å². The Morgan fingerprint density at radius 3 is 2.50 bits per heavy atom. The molecule has 0 atom stereocenters. The Morgan fingerprint density at radius 2 is 1.90 bits per heavy atom. The summed E-state index contributed by atoms with van der Waals surface area (Å²) in [6, 6.07) is 3.82. The molecule has 0 aromatic heterocycles. The van der Waals surface area contributed by atoms with Crippen LogP contribution in [0.15, 0.2) is 12.1 Å². The number of hydrogen-bond donors (Lipinski definition) is 2. The summed E-state index contributed by atoms with van der Waals surface area (Å²) < 4.78 is 10.6. The Balaban J connectivity index is 2.65. The molecule has 6 heteroatoms. The molecular formula is C14H22N2O2S2. The van der Waals surface area contributed by atoms with Gasteiger partial charge in [0.05, 0.1) is 14.2 Å². The molecule has 1 aromatic carbocycles. The Bertz CT molecular complexity index is 453. The van der Waals surface area contributed by atoms with Gasteiger partial charge in [0.2, 0.25) is 0 Å². The monoisotopic (exact) mass is 314 g/mol. The Hall–Kier alpha value is -1.14. The third-order valence-corrected chi connectivity index (χ3v) is 3.73. The molecule has 0 aliphatic rings. The van der Waals surface area contributed by atoms with Crippen molar-refractivity contribution >= 4 is 34.8 Å². The number of hydrogen-bond acceptors (Lipinski definition) is 4. The van der Waals surface area contributed by atoms with Crippen molar-refractivity contribution in [3.8, 4) is 11.5 Å². The first-order valence-electron chi connectivity index (χ1n) is 6.38. The summed E-state index contributed by atoms with van der Waals surface area (Å²) in [5.41, 5.74) is 1.97. The van der Waals surface area contributed by atoms with Crippen LogP contribution in [0.2, 0.25) is 0 Å². The van der Waals surface area contributed by atoms with Gasteiger partial charge in [-0.1, -0.05) is 0 Å². The van der Waals surface area contributed by atoms with Crippen LogP contribution in [0.1, 0.15) is 12.0 Å². The van der Waals surface area contributed by atoms with E-state index in [4.69, 9.17) is 21.7 Å². The fourth-order valence-corrected chi connectivity index (χ4v) is 2.35. The minimum Gasteiger partial charge on any atom is -0.493 e. The maximum absolute atomic E-state index is 5.30. The molecule has 0 spiro atoms. The second-order valence-electron chi connectivity index (χ2n) is 4.25. The maximum Gasteiger partial charge on any atom is 0.170 e. The number of thiocarbonyl (C=S) groups is 1. The molecule has 0 saturated heterocycles. The highest BCUT2D eigenvalue weighted by Gasteiger charge is 2.09. The van der Waals surface area contributed by atoms with Gasteiger partial charge in [0.15, 0.2) is 16.6 Å². The van der Waals surface area contributed by atoms with Crippen molar-refractivity contribution in [1.82, 2.24) is 5.32 Å². The molecule has 1 rings (SSSR count). The van der Waals surface area contributed by atoms with E-state index in [9.17, 15) is 0 Å². The summed E-state index contributed by atoms with van der Waals surface area (Å²) in [7, 11) is 3.25. The molecule has 0 heterocycles. The number of benzene rings is 1. The highest BCUT2D eigenvalue weighted by atomic mass is 32.2. The smallest absolute Gasteiger partial charge is 0.170 e. The number of ether oxygens (including phenoxy) is 2. The summed E-state index contributed by atoms with van der Waals surface area (Å²) >= 11 is 7.12. The molecule has 0 radical (unpaired) electrons. The lowest BCUT2D eigenvalue weighted by Gasteiger charge is -2.15. The topological polar surface area (TPSA) is 42.5 Å². The molecule has 0 fully saturated rings. The van der Waals surface area contributed by atoms with Crippen LogP contribution in [0.25, 0.3) is 0 Å². The van der Waals surface area contributed by atoms with E-state index in [1.165, 1.54) is 0 Å². The number of methoxy groups -OCH3 is 2. The molecule has 4 nitrogen and oxygen atoms in total. The van der Waals surface area contributed by atoms with E-state index < -0.39 is 0 Å². The van der Waals surface area contributed by atoms with Gasteiger partial charge < -0.3 is 20.1 Å². The Morgan fingerprint density at radius 1 is 1.25 bits per heavy atom. The van der Waals surface area contributed by atoms with Gasteiger partial charge in [0.1, 0.15) is 0 Å². The lowest BCUT2D eigenvalue weighted by atomic mass is 10.1. The van der Waals surface area contributed by atoms with Gasteiger partial charge >= 0.3 is 0 Å². The van der Waals surface area contributed by atoms with Crippen molar-refractivity contribution in [2.24, 2.45) is 0 Å². The van der Waals surface area contributed by atoms with Gasteiger partial charge in [-0.25, -0.2) is 0 Å². The van der Waals surface area contributed by atoms with E-state index in [0.29, 0.717) is 10.9 Å². The normalized spacial score (nSPS) is 10.0. The lowest BCUT2D eigenvalue weighted by Crippen LogP contribution is -2.29. The number of rotatable bonds is 7. The number of aryl methyl sites for hydroxylation is 1. The first kappa shape index (κ1) is 16.9. The van der Waals surface area contributed by atoms with Gasteiger partial charge in [-0.05, 0) is 49.2 Å². The minimum atomic E-state index is 0.626.